The van der Waals surface area contributed by atoms with Crippen LogP contribution in [-0.2, 0) is 16.0 Å². The summed E-state index contributed by atoms with van der Waals surface area (Å²) in [6.45, 7) is 5.96. The molecule has 0 radical (unpaired) electrons. The van der Waals surface area contributed by atoms with E-state index in [1.807, 2.05) is 24.3 Å². The molecule has 0 saturated carbocycles. The molecule has 10 heteroatoms. The maximum atomic E-state index is 9.19. The van der Waals surface area contributed by atoms with Gasteiger partial charge < -0.3 is 30.8 Å². The number of anilines is 2. The van der Waals surface area contributed by atoms with Crippen molar-refractivity contribution >= 4 is 17.5 Å². The second kappa shape index (κ2) is 9.97. The zero-order valence-electron chi connectivity index (χ0n) is 17.3. The van der Waals surface area contributed by atoms with E-state index in [2.05, 4.69) is 9.88 Å². The Hall–Kier alpha value is -3.55. The van der Waals surface area contributed by atoms with Crippen LogP contribution in [0.15, 0.2) is 18.2 Å². The van der Waals surface area contributed by atoms with E-state index >= 15 is 0 Å². The van der Waals surface area contributed by atoms with Crippen molar-refractivity contribution in [2.45, 2.75) is 13.3 Å². The molecule has 2 aromatic rings. The van der Waals surface area contributed by atoms with E-state index in [0.717, 1.165) is 51.1 Å². The number of nitrogen functional groups attached to an aromatic ring is 2. The van der Waals surface area contributed by atoms with Gasteiger partial charge in [0.1, 0.15) is 35.6 Å². The van der Waals surface area contributed by atoms with Gasteiger partial charge in [-0.15, -0.1) is 0 Å². The Morgan fingerprint density at radius 3 is 2.74 bits per heavy atom. The van der Waals surface area contributed by atoms with Crippen LogP contribution in [0.4, 0.5) is 11.5 Å². The molecule has 1 aromatic heterocycles. The number of nitrogens with zero attached hydrogens (tertiary/aromatic N) is 3. The zero-order chi connectivity index (χ0) is 22.4. The molecule has 1 aromatic carbocycles. The molecule has 0 atom stereocenters. The number of aromatic nitrogens is 1. The van der Waals surface area contributed by atoms with Gasteiger partial charge in [0.2, 0.25) is 5.88 Å². The van der Waals surface area contributed by atoms with Gasteiger partial charge in [-0.05, 0) is 11.6 Å². The van der Waals surface area contributed by atoms with Crippen LogP contribution < -0.4 is 20.9 Å². The Morgan fingerprint density at radius 1 is 1.35 bits per heavy atom. The number of hydrogen-bond acceptors (Lipinski definition) is 9. The molecule has 2 aliphatic rings. The monoisotopic (exact) mass is 427 g/mol. The molecule has 2 aliphatic heterocycles. The summed E-state index contributed by atoms with van der Waals surface area (Å²) in [5.41, 5.74) is 14.1. The normalized spacial score (nSPS) is 14.7. The lowest BCUT2D eigenvalue weighted by Crippen LogP contribution is -2.38. The average Bonchev–Trinajstić information content (AvgIpc) is 2.73. The third kappa shape index (κ3) is 5.53. The third-order valence-corrected chi connectivity index (χ3v) is 4.83. The minimum absolute atomic E-state index is 0.0788. The van der Waals surface area contributed by atoms with Gasteiger partial charge in [0, 0.05) is 44.6 Å². The minimum Gasteiger partial charge on any atom is -0.492 e. The number of ether oxygens (including phenoxy) is 3. The highest BCUT2D eigenvalue weighted by molar-refractivity contribution is 5.72. The first-order valence-electron chi connectivity index (χ1n) is 9.80. The molecule has 0 bridgehead atoms. The average molecular weight is 427 g/mol. The first kappa shape index (κ1) is 22.1. The van der Waals surface area contributed by atoms with Crippen molar-refractivity contribution in [2.24, 2.45) is 0 Å². The van der Waals surface area contributed by atoms with Gasteiger partial charge in [-0.2, -0.15) is 10.2 Å². The van der Waals surface area contributed by atoms with E-state index in [4.69, 9.17) is 35.6 Å². The van der Waals surface area contributed by atoms with Crippen LogP contribution in [0.1, 0.15) is 23.6 Å². The van der Waals surface area contributed by atoms with Crippen molar-refractivity contribution < 1.29 is 24.1 Å². The first-order valence-corrected chi connectivity index (χ1v) is 9.80. The van der Waals surface area contributed by atoms with Crippen LogP contribution in [0.25, 0.3) is 0 Å². The standard InChI is InChI=1S/C19H21N5O3.C2H4O2/c20-11-15-17(21)14-9-12-1-2-13(10-16(12)27-19(14)23-18(15)22)26-8-5-24-3-6-25-7-4-24;1-2(3)4/h1-2,10H,3-9H2,(H4,21,22,23);1H3,(H,3,4). The highest BCUT2D eigenvalue weighted by Gasteiger charge is 2.24. The molecule has 1 fully saturated rings. The smallest absolute Gasteiger partial charge is 0.300 e. The molecule has 3 heterocycles. The Kier molecular flexibility index (Phi) is 7.12. The third-order valence-electron chi connectivity index (χ3n) is 4.83. The van der Waals surface area contributed by atoms with E-state index in [-0.39, 0.29) is 11.4 Å². The minimum atomic E-state index is -0.833. The predicted molar refractivity (Wildman–Crippen MR) is 113 cm³/mol. The number of pyridine rings is 1. The summed E-state index contributed by atoms with van der Waals surface area (Å²) in [7, 11) is 0. The number of fused-ring (bicyclic) bond motifs is 2. The molecule has 1 saturated heterocycles. The lowest BCUT2D eigenvalue weighted by molar-refractivity contribution is -0.134. The number of nitriles is 1. The highest BCUT2D eigenvalue weighted by atomic mass is 16.5. The van der Waals surface area contributed by atoms with Gasteiger partial charge in [-0.3, -0.25) is 9.69 Å². The molecule has 0 unspecified atom stereocenters. The molecule has 0 spiro atoms. The van der Waals surface area contributed by atoms with Crippen LogP contribution in [0, 0.1) is 11.3 Å². The van der Waals surface area contributed by atoms with Gasteiger partial charge in [0.05, 0.1) is 18.9 Å². The molecular formula is C21H25N5O5. The topological polar surface area (TPSA) is 157 Å². The number of morpholine rings is 1. The summed E-state index contributed by atoms with van der Waals surface area (Å²) in [6.07, 6.45) is 0.534. The van der Waals surface area contributed by atoms with Crippen molar-refractivity contribution in [2.75, 3.05) is 50.9 Å². The fraction of sp³-hybridized carbons (Fsp3) is 0.381. The number of benzene rings is 1. The van der Waals surface area contributed by atoms with Crippen molar-refractivity contribution in [3.8, 4) is 23.4 Å². The number of rotatable bonds is 4. The number of carboxylic acid groups (broad SMARTS) is 1. The van der Waals surface area contributed by atoms with Crippen LogP contribution in [0.3, 0.4) is 0 Å². The molecule has 4 rings (SSSR count). The molecule has 0 aliphatic carbocycles. The summed E-state index contributed by atoms with van der Waals surface area (Å²) in [5, 5.41) is 16.6. The lowest BCUT2D eigenvalue weighted by atomic mass is 9.99. The van der Waals surface area contributed by atoms with E-state index in [0.29, 0.717) is 35.9 Å². The van der Waals surface area contributed by atoms with Crippen LogP contribution in [0.2, 0.25) is 0 Å². The van der Waals surface area contributed by atoms with Gasteiger partial charge in [-0.1, -0.05) is 6.07 Å². The number of nitrogens with two attached hydrogens (primary N) is 2. The molecule has 31 heavy (non-hydrogen) atoms. The predicted octanol–water partition coefficient (Wildman–Crippen LogP) is 1.62. The van der Waals surface area contributed by atoms with Gasteiger partial charge in [-0.25, -0.2) is 0 Å². The molecule has 10 nitrogen and oxygen atoms in total. The van der Waals surface area contributed by atoms with Crippen molar-refractivity contribution in [1.82, 2.24) is 9.88 Å². The molecular weight excluding hydrogens is 402 g/mol. The highest BCUT2D eigenvalue weighted by Crippen LogP contribution is 2.41. The fourth-order valence-electron chi connectivity index (χ4n) is 3.29. The second-order valence-corrected chi connectivity index (χ2v) is 7.05. The van der Waals surface area contributed by atoms with E-state index in [9.17, 15) is 5.26 Å². The Bertz CT molecular complexity index is 995. The fourth-order valence-corrected chi connectivity index (χ4v) is 3.29. The summed E-state index contributed by atoms with van der Waals surface area (Å²) < 4.78 is 17.1. The van der Waals surface area contributed by atoms with Crippen LogP contribution in [0.5, 0.6) is 17.4 Å². The zero-order valence-corrected chi connectivity index (χ0v) is 17.3. The van der Waals surface area contributed by atoms with E-state index < -0.39 is 5.97 Å². The quantitative estimate of drug-likeness (QED) is 0.559. The number of carboxylic acids is 1. The van der Waals surface area contributed by atoms with Crippen molar-refractivity contribution in [3.63, 3.8) is 0 Å². The first-order chi connectivity index (χ1) is 14.9. The molecule has 164 valence electrons. The lowest BCUT2D eigenvalue weighted by Gasteiger charge is -2.26. The van der Waals surface area contributed by atoms with Crippen LogP contribution in [-0.4, -0.2) is 60.4 Å². The second-order valence-electron chi connectivity index (χ2n) is 7.05. The maximum Gasteiger partial charge on any atom is 0.300 e. The summed E-state index contributed by atoms with van der Waals surface area (Å²) >= 11 is 0. The summed E-state index contributed by atoms with van der Waals surface area (Å²) in [5.74, 6) is 1.000. The number of carbonyl (C=O) groups is 1. The Labute approximate surface area is 179 Å². The number of aliphatic carboxylic acids is 1. The molecule has 0 amide bonds. The van der Waals surface area contributed by atoms with Crippen LogP contribution >= 0.6 is 0 Å². The maximum absolute atomic E-state index is 9.19. The van der Waals surface area contributed by atoms with Crippen molar-refractivity contribution in [3.05, 3.63) is 34.9 Å². The Balaban J connectivity index is 0.000000628. The van der Waals surface area contributed by atoms with Gasteiger partial charge in [0.15, 0.2) is 0 Å². The SMILES string of the molecule is CC(=O)O.N#Cc1c(N)nc2c(c1N)Cc1ccc(OCCN3CCOCC3)cc1O2. The Morgan fingerprint density at radius 2 is 2.06 bits per heavy atom. The van der Waals surface area contributed by atoms with Gasteiger partial charge >= 0.3 is 0 Å². The molecule has 5 N–H and O–H groups in total. The largest absolute Gasteiger partial charge is 0.492 e. The van der Waals surface area contributed by atoms with E-state index in [1.54, 1.807) is 0 Å². The van der Waals surface area contributed by atoms with E-state index in [1.165, 1.54) is 0 Å². The number of hydrogen-bond donors (Lipinski definition) is 3. The van der Waals surface area contributed by atoms with Gasteiger partial charge in [0.25, 0.3) is 5.97 Å². The summed E-state index contributed by atoms with van der Waals surface area (Å²) in [6, 6.07) is 7.71. The van der Waals surface area contributed by atoms with Crippen molar-refractivity contribution in [1.29, 1.82) is 5.26 Å². The summed E-state index contributed by atoms with van der Waals surface area (Å²) in [4.78, 5) is 15.5.